The lowest BCUT2D eigenvalue weighted by Gasteiger charge is -2.33. The Labute approximate surface area is 176 Å². The van der Waals surface area contributed by atoms with Gasteiger partial charge in [0.25, 0.3) is 0 Å². The van der Waals surface area contributed by atoms with Crippen LogP contribution in [0.5, 0.6) is 5.75 Å². The Kier molecular flexibility index (Phi) is 8.45. The molecule has 0 atom stereocenters. The van der Waals surface area contributed by atoms with Crippen LogP contribution in [0.3, 0.4) is 0 Å². The first-order valence-electron chi connectivity index (χ1n) is 10.4. The molecule has 0 unspecified atom stereocenters. The van der Waals surface area contributed by atoms with E-state index < -0.39 is 0 Å². The van der Waals surface area contributed by atoms with E-state index in [2.05, 4.69) is 51.1 Å². The third kappa shape index (κ3) is 7.05. The minimum absolute atomic E-state index is 0.225. The van der Waals surface area contributed by atoms with Crippen molar-refractivity contribution < 1.29 is 9.53 Å². The lowest BCUT2D eigenvalue weighted by Crippen LogP contribution is -2.19. The maximum absolute atomic E-state index is 10.6. The van der Waals surface area contributed by atoms with Crippen molar-refractivity contribution in [3.63, 3.8) is 0 Å². The number of rotatable bonds is 8. The molecule has 1 aliphatic rings. The molecule has 0 spiro atoms. The molecule has 0 N–H and O–H groups in total. The van der Waals surface area contributed by atoms with Crippen molar-refractivity contribution in [1.82, 2.24) is 0 Å². The zero-order chi connectivity index (χ0) is 21.3. The number of carbonyl (C=O) groups is 1. The van der Waals surface area contributed by atoms with Crippen molar-refractivity contribution in [3.05, 3.63) is 88.6 Å². The molecule has 0 saturated carbocycles. The summed E-state index contributed by atoms with van der Waals surface area (Å²) in [7, 11) is 1.69. The van der Waals surface area contributed by atoms with Gasteiger partial charge in [-0.15, -0.1) is 0 Å². The highest BCUT2D eigenvalue weighted by Gasteiger charge is 2.26. The third-order valence-electron chi connectivity index (χ3n) is 5.57. The summed E-state index contributed by atoms with van der Waals surface area (Å²) in [4.78, 5) is 10.6. The summed E-state index contributed by atoms with van der Waals surface area (Å²) >= 11 is 0. The van der Waals surface area contributed by atoms with Gasteiger partial charge in [0.05, 0.1) is 7.11 Å². The number of hydrogen-bond acceptors (Lipinski definition) is 2. The normalized spacial score (nSPS) is 18.0. The van der Waals surface area contributed by atoms with Crippen LogP contribution in [0.1, 0.15) is 52.5 Å². The Morgan fingerprint density at radius 1 is 1.14 bits per heavy atom. The second-order valence-electron chi connectivity index (χ2n) is 8.44. The van der Waals surface area contributed by atoms with Crippen LogP contribution >= 0.6 is 0 Å². The fraction of sp³-hybridized carbons (Fsp3) is 0.370. The number of carbonyl (C=O) groups excluding carboxylic acids is 1. The predicted molar refractivity (Wildman–Crippen MR) is 123 cm³/mol. The van der Waals surface area contributed by atoms with Crippen LogP contribution in [0, 0.1) is 5.41 Å². The van der Waals surface area contributed by atoms with Crippen LogP contribution in [0.25, 0.3) is 0 Å². The minimum Gasteiger partial charge on any atom is -0.497 e. The van der Waals surface area contributed by atoms with E-state index in [1.165, 1.54) is 41.5 Å². The van der Waals surface area contributed by atoms with Gasteiger partial charge < -0.3 is 4.74 Å². The van der Waals surface area contributed by atoms with Gasteiger partial charge in [-0.05, 0) is 85.4 Å². The van der Waals surface area contributed by atoms with Crippen molar-refractivity contribution in [2.45, 2.75) is 53.4 Å². The van der Waals surface area contributed by atoms with Crippen LogP contribution < -0.4 is 4.74 Å². The fourth-order valence-electron chi connectivity index (χ4n) is 3.84. The van der Waals surface area contributed by atoms with Gasteiger partial charge in [0, 0.05) is 0 Å². The highest BCUT2D eigenvalue weighted by atomic mass is 16.5. The Hall–Kier alpha value is -2.61. The summed E-state index contributed by atoms with van der Waals surface area (Å²) in [5, 5.41) is 0. The van der Waals surface area contributed by atoms with Crippen LogP contribution in [-0.2, 0) is 11.2 Å². The molecule has 0 aromatic heterocycles. The van der Waals surface area contributed by atoms with Crippen LogP contribution in [-0.4, -0.2) is 13.4 Å². The van der Waals surface area contributed by atoms with E-state index >= 15 is 0 Å². The van der Waals surface area contributed by atoms with Gasteiger partial charge in [-0.25, -0.2) is 0 Å². The summed E-state index contributed by atoms with van der Waals surface area (Å²) in [6.07, 6.45) is 17.6. The van der Waals surface area contributed by atoms with E-state index in [0.29, 0.717) is 0 Å². The number of ether oxygens (including phenoxy) is 1. The lowest BCUT2D eigenvalue weighted by molar-refractivity contribution is -0.104. The second-order valence-corrected chi connectivity index (χ2v) is 8.44. The lowest BCUT2D eigenvalue weighted by atomic mass is 9.72. The molecular weight excluding hydrogens is 356 g/mol. The van der Waals surface area contributed by atoms with Gasteiger partial charge in [-0.2, -0.15) is 0 Å². The van der Waals surface area contributed by atoms with E-state index in [4.69, 9.17) is 4.74 Å². The van der Waals surface area contributed by atoms with Gasteiger partial charge in [0.1, 0.15) is 12.0 Å². The number of allylic oxidation sites excluding steroid dienone is 10. The number of benzene rings is 1. The molecule has 2 rings (SSSR count). The molecule has 0 amide bonds. The molecule has 2 heteroatoms. The highest BCUT2D eigenvalue weighted by molar-refractivity contribution is 5.67. The molecule has 0 aliphatic heterocycles. The largest absolute Gasteiger partial charge is 0.497 e. The van der Waals surface area contributed by atoms with Crippen molar-refractivity contribution >= 4 is 6.29 Å². The Morgan fingerprint density at radius 3 is 2.48 bits per heavy atom. The van der Waals surface area contributed by atoms with Crippen molar-refractivity contribution in [3.8, 4) is 5.75 Å². The van der Waals surface area contributed by atoms with Crippen molar-refractivity contribution in [2.24, 2.45) is 5.41 Å². The molecule has 0 radical (unpaired) electrons. The van der Waals surface area contributed by atoms with Gasteiger partial charge in [0.15, 0.2) is 0 Å². The van der Waals surface area contributed by atoms with Crippen molar-refractivity contribution in [1.29, 1.82) is 0 Å². The maximum atomic E-state index is 10.6. The summed E-state index contributed by atoms with van der Waals surface area (Å²) in [5.74, 6) is 0.870. The Bertz CT molecular complexity index is 843. The van der Waals surface area contributed by atoms with E-state index in [-0.39, 0.29) is 5.41 Å². The number of aldehydes is 1. The number of methoxy groups -OCH3 is 1. The molecule has 1 aliphatic carbocycles. The molecule has 0 saturated heterocycles. The van der Waals surface area contributed by atoms with Gasteiger partial charge in [-0.1, -0.05) is 61.9 Å². The molecule has 29 heavy (non-hydrogen) atoms. The summed E-state index contributed by atoms with van der Waals surface area (Å²) < 4.78 is 5.27. The first kappa shape index (κ1) is 22.7. The summed E-state index contributed by atoms with van der Waals surface area (Å²) in [6.45, 7) is 8.88. The summed E-state index contributed by atoms with van der Waals surface area (Å²) in [6, 6.07) is 8.22. The molecule has 0 heterocycles. The quantitative estimate of drug-likeness (QED) is 0.273. The maximum Gasteiger partial charge on any atom is 0.143 e. The fourth-order valence-corrected chi connectivity index (χ4v) is 3.84. The first-order chi connectivity index (χ1) is 13.9. The molecule has 1 aromatic rings. The molecule has 154 valence electrons. The Balaban J connectivity index is 2.30. The first-order valence-corrected chi connectivity index (χ1v) is 10.4. The SMILES string of the molecule is COc1ccc(CC(/C=C/C2=C(C)CCCC2(C)C)=C\C=C/C(C)=C/C=O)cc1. The number of hydrogen-bond donors (Lipinski definition) is 0. The summed E-state index contributed by atoms with van der Waals surface area (Å²) in [5.41, 5.74) is 6.60. The monoisotopic (exact) mass is 390 g/mol. The molecule has 1 aromatic carbocycles. The third-order valence-corrected chi connectivity index (χ3v) is 5.57. The smallest absolute Gasteiger partial charge is 0.143 e. The molecule has 2 nitrogen and oxygen atoms in total. The average Bonchev–Trinajstić information content (AvgIpc) is 2.67. The van der Waals surface area contributed by atoms with Gasteiger partial charge >= 0.3 is 0 Å². The Morgan fingerprint density at radius 2 is 1.86 bits per heavy atom. The molecular formula is C27H34O2. The van der Waals surface area contributed by atoms with Gasteiger partial charge in [0.2, 0.25) is 0 Å². The minimum atomic E-state index is 0.225. The van der Waals surface area contributed by atoms with E-state index in [9.17, 15) is 4.79 Å². The predicted octanol–water partition coefficient (Wildman–Crippen LogP) is 6.95. The average molecular weight is 391 g/mol. The van der Waals surface area contributed by atoms with Gasteiger partial charge in [-0.3, -0.25) is 4.79 Å². The standard InChI is InChI=1S/C27H34O2/c1-21(17-19-28)8-6-10-23(20-24-11-14-25(29-5)15-12-24)13-16-26-22(2)9-7-18-27(26,3)4/h6,8,10-17,19H,7,9,18,20H2,1-5H3/b8-6-,16-13+,21-17+,23-10-. The zero-order valence-electron chi connectivity index (χ0n) is 18.5. The van der Waals surface area contributed by atoms with E-state index in [1.807, 2.05) is 31.2 Å². The topological polar surface area (TPSA) is 26.3 Å². The molecule has 0 bridgehead atoms. The highest BCUT2D eigenvalue weighted by Crippen LogP contribution is 2.40. The van der Waals surface area contributed by atoms with E-state index in [1.54, 1.807) is 13.2 Å². The van der Waals surface area contributed by atoms with Crippen molar-refractivity contribution in [2.75, 3.05) is 7.11 Å². The second kappa shape index (κ2) is 10.8. The van der Waals surface area contributed by atoms with Crippen LogP contribution in [0.15, 0.2) is 83.0 Å². The van der Waals surface area contributed by atoms with Crippen LogP contribution in [0.2, 0.25) is 0 Å². The zero-order valence-corrected chi connectivity index (χ0v) is 18.5. The van der Waals surface area contributed by atoms with Crippen LogP contribution in [0.4, 0.5) is 0 Å². The van der Waals surface area contributed by atoms with E-state index in [0.717, 1.165) is 24.0 Å². The molecule has 0 fully saturated rings.